The maximum atomic E-state index is 14.2. The Balaban J connectivity index is 2.31. The molecule has 0 radical (unpaired) electrons. The quantitative estimate of drug-likeness (QED) is 0.212. The third kappa shape index (κ3) is 5.71. The lowest BCUT2D eigenvalue weighted by Crippen LogP contribution is -2.33. The topological polar surface area (TPSA) is 73.9 Å². The van der Waals surface area contributed by atoms with Crippen LogP contribution in [0.15, 0.2) is 30.3 Å². The minimum Gasteiger partial charge on any atom is -0.462 e. The standard InChI is InChI=1S/C18H18F4NO5P/c1-9(2)26-18(24)10(3)23-29(25)28-17-15(22)13(20)12(19)14(21)16(17)27-11-7-5-4-6-8-11/h4-10,29H,1-3H3,(H,23,25)/t10-/m0/s1. The van der Waals surface area contributed by atoms with Crippen molar-refractivity contribution in [3.63, 3.8) is 0 Å². The van der Waals surface area contributed by atoms with Gasteiger partial charge in [-0.05, 0) is 32.9 Å². The Morgan fingerprint density at radius 2 is 1.48 bits per heavy atom. The van der Waals surface area contributed by atoms with Crippen molar-refractivity contribution in [3.8, 4) is 17.2 Å². The summed E-state index contributed by atoms with van der Waals surface area (Å²) in [6, 6.07) is 6.14. The SMILES string of the molecule is CC(C)OC(=O)[C@H](C)N[PH](=O)Oc1c(F)c(F)c(F)c(F)c1Oc1ccccc1. The summed E-state index contributed by atoms with van der Waals surface area (Å²) in [5.74, 6) is -11.3. The van der Waals surface area contributed by atoms with Gasteiger partial charge in [0.2, 0.25) is 34.8 Å². The number of hydrogen-bond donors (Lipinski definition) is 1. The second kappa shape index (κ2) is 9.76. The highest BCUT2D eigenvalue weighted by Crippen LogP contribution is 2.42. The van der Waals surface area contributed by atoms with Crippen molar-refractivity contribution in [1.29, 1.82) is 0 Å². The maximum Gasteiger partial charge on any atom is 0.323 e. The van der Waals surface area contributed by atoms with Crippen LogP contribution < -0.4 is 14.3 Å². The number of hydrogen-bond acceptors (Lipinski definition) is 5. The van der Waals surface area contributed by atoms with E-state index < -0.39 is 61.1 Å². The van der Waals surface area contributed by atoms with Crippen molar-refractivity contribution in [1.82, 2.24) is 5.09 Å². The lowest BCUT2D eigenvalue weighted by molar-refractivity contribution is -0.148. The fourth-order valence-corrected chi connectivity index (χ4v) is 2.97. The minimum absolute atomic E-state index is 0.0387. The van der Waals surface area contributed by atoms with Gasteiger partial charge in [-0.1, -0.05) is 18.2 Å². The Kier molecular flexibility index (Phi) is 7.64. The fourth-order valence-electron chi connectivity index (χ4n) is 2.07. The van der Waals surface area contributed by atoms with Gasteiger partial charge >= 0.3 is 14.1 Å². The molecule has 0 fully saturated rings. The molecule has 2 aromatic rings. The van der Waals surface area contributed by atoms with Crippen molar-refractivity contribution < 1.29 is 40.9 Å². The molecule has 1 N–H and O–H groups in total. The van der Waals surface area contributed by atoms with Crippen LogP contribution in [0.5, 0.6) is 17.2 Å². The molecule has 0 aliphatic carbocycles. The van der Waals surface area contributed by atoms with Crippen molar-refractivity contribution in [2.24, 2.45) is 0 Å². The van der Waals surface area contributed by atoms with Crippen LogP contribution in [-0.4, -0.2) is 18.1 Å². The second-order valence-electron chi connectivity index (χ2n) is 6.07. The highest BCUT2D eigenvalue weighted by molar-refractivity contribution is 7.37. The van der Waals surface area contributed by atoms with Gasteiger partial charge in [0.1, 0.15) is 11.8 Å². The first kappa shape index (κ1) is 22.7. The molecule has 1 unspecified atom stereocenters. The van der Waals surface area contributed by atoms with Crippen LogP contribution in [0.3, 0.4) is 0 Å². The first-order chi connectivity index (χ1) is 13.6. The summed E-state index contributed by atoms with van der Waals surface area (Å²) >= 11 is 0. The highest BCUT2D eigenvalue weighted by Gasteiger charge is 2.30. The molecule has 2 aromatic carbocycles. The third-order valence-corrected chi connectivity index (χ3v) is 4.44. The Bertz CT molecular complexity index is 911. The smallest absolute Gasteiger partial charge is 0.323 e. The zero-order valence-electron chi connectivity index (χ0n) is 15.6. The molecule has 11 heteroatoms. The molecule has 0 saturated heterocycles. The van der Waals surface area contributed by atoms with E-state index in [-0.39, 0.29) is 5.75 Å². The molecule has 2 atom stereocenters. The largest absolute Gasteiger partial charge is 0.462 e. The number of benzene rings is 2. The normalized spacial score (nSPS) is 13.1. The van der Waals surface area contributed by atoms with E-state index in [1.165, 1.54) is 31.2 Å². The zero-order chi connectivity index (χ0) is 21.7. The molecule has 2 rings (SSSR count). The number of ether oxygens (including phenoxy) is 2. The van der Waals surface area contributed by atoms with Crippen LogP contribution in [-0.2, 0) is 14.1 Å². The molecule has 0 saturated carbocycles. The number of esters is 1. The van der Waals surface area contributed by atoms with Crippen LogP contribution >= 0.6 is 8.18 Å². The molecule has 0 bridgehead atoms. The molecule has 0 aromatic heterocycles. The predicted octanol–water partition coefficient (Wildman–Crippen LogP) is 4.73. The third-order valence-electron chi connectivity index (χ3n) is 3.38. The van der Waals surface area contributed by atoms with Crippen molar-refractivity contribution in [3.05, 3.63) is 53.6 Å². The Hall–Kier alpha value is -2.58. The van der Waals surface area contributed by atoms with Crippen LogP contribution in [0, 0.1) is 23.3 Å². The van der Waals surface area contributed by atoms with E-state index in [1.54, 1.807) is 19.9 Å². The second-order valence-corrected chi connectivity index (χ2v) is 7.14. The molecule has 0 heterocycles. The number of nitrogens with one attached hydrogen (secondary N) is 1. The van der Waals surface area contributed by atoms with Gasteiger partial charge in [0, 0.05) is 0 Å². The van der Waals surface area contributed by atoms with E-state index in [0.29, 0.717) is 0 Å². The molecule has 29 heavy (non-hydrogen) atoms. The summed E-state index contributed by atoms with van der Waals surface area (Å²) < 4.78 is 82.6. The van der Waals surface area contributed by atoms with Gasteiger partial charge in [-0.3, -0.25) is 9.36 Å². The van der Waals surface area contributed by atoms with Crippen LogP contribution in [0.25, 0.3) is 0 Å². The highest BCUT2D eigenvalue weighted by atomic mass is 31.1. The lowest BCUT2D eigenvalue weighted by Gasteiger charge is -2.17. The number of rotatable bonds is 8. The first-order valence-corrected chi connectivity index (χ1v) is 9.71. The van der Waals surface area contributed by atoms with E-state index in [1.807, 2.05) is 0 Å². The Morgan fingerprint density at radius 3 is 2.03 bits per heavy atom. The molecule has 0 amide bonds. The van der Waals surface area contributed by atoms with E-state index >= 15 is 0 Å². The molecular formula is C18H18F4NO5P. The molecule has 0 aliphatic rings. The van der Waals surface area contributed by atoms with Crippen molar-refractivity contribution >= 4 is 14.1 Å². The molecule has 6 nitrogen and oxygen atoms in total. The average molecular weight is 435 g/mol. The van der Waals surface area contributed by atoms with E-state index in [9.17, 15) is 26.9 Å². The average Bonchev–Trinajstić information content (AvgIpc) is 2.67. The van der Waals surface area contributed by atoms with Crippen molar-refractivity contribution in [2.45, 2.75) is 32.9 Å². The maximum absolute atomic E-state index is 14.2. The van der Waals surface area contributed by atoms with Gasteiger partial charge in [-0.2, -0.15) is 8.78 Å². The summed E-state index contributed by atoms with van der Waals surface area (Å²) in [5, 5.41) is 2.19. The summed E-state index contributed by atoms with van der Waals surface area (Å²) in [6.07, 6.45) is -0.446. The molecule has 0 aliphatic heterocycles. The predicted molar refractivity (Wildman–Crippen MR) is 96.2 cm³/mol. The molecular weight excluding hydrogens is 417 g/mol. The van der Waals surface area contributed by atoms with E-state index in [4.69, 9.17) is 14.0 Å². The monoisotopic (exact) mass is 435 g/mol. The number of carbonyl (C=O) groups is 1. The van der Waals surface area contributed by atoms with Gasteiger partial charge < -0.3 is 14.0 Å². The van der Waals surface area contributed by atoms with Gasteiger partial charge in [0.25, 0.3) is 0 Å². The fraction of sp³-hybridized carbons (Fsp3) is 0.278. The van der Waals surface area contributed by atoms with E-state index in [0.717, 1.165) is 0 Å². The molecule has 0 spiro atoms. The van der Waals surface area contributed by atoms with Gasteiger partial charge in [-0.15, -0.1) is 0 Å². The molecule has 158 valence electrons. The Labute approximate surface area is 164 Å². The van der Waals surface area contributed by atoms with Crippen LogP contribution in [0.2, 0.25) is 0 Å². The van der Waals surface area contributed by atoms with Crippen LogP contribution in [0.1, 0.15) is 20.8 Å². The van der Waals surface area contributed by atoms with E-state index in [2.05, 4.69) is 5.09 Å². The summed E-state index contributed by atoms with van der Waals surface area (Å²) in [4.78, 5) is 11.7. The van der Waals surface area contributed by atoms with Gasteiger partial charge in [-0.25, -0.2) is 13.9 Å². The van der Waals surface area contributed by atoms with Crippen LogP contribution in [0.4, 0.5) is 17.6 Å². The van der Waals surface area contributed by atoms with Crippen molar-refractivity contribution in [2.75, 3.05) is 0 Å². The summed E-state index contributed by atoms with van der Waals surface area (Å²) in [7, 11) is -3.48. The van der Waals surface area contributed by atoms with Gasteiger partial charge in [0.15, 0.2) is 0 Å². The Morgan fingerprint density at radius 1 is 0.931 bits per heavy atom. The zero-order valence-corrected chi connectivity index (χ0v) is 16.6. The minimum atomic E-state index is -3.48. The summed E-state index contributed by atoms with van der Waals surface area (Å²) in [6.45, 7) is 4.48. The number of halogens is 4. The number of carbonyl (C=O) groups excluding carboxylic acids is 1. The first-order valence-electron chi connectivity index (χ1n) is 8.39. The number of para-hydroxylation sites is 1. The van der Waals surface area contributed by atoms with Gasteiger partial charge in [0.05, 0.1) is 6.10 Å². The summed E-state index contributed by atoms with van der Waals surface area (Å²) in [5.41, 5.74) is 0. The lowest BCUT2D eigenvalue weighted by atomic mass is 10.2.